The fraction of sp³-hybridized carbons (Fsp3) is 0.267. The Kier molecular flexibility index (Phi) is 5.43. The number of hydrogen-bond donors (Lipinski definition) is 3. The normalized spacial score (nSPS) is 10.2. The standard InChI is InChI=1S/C15H18N2O2S/c18-13-4-1-3-12(11-13)6-8-16-15(19)17-9-7-14-5-2-10-20-14/h1-5,10-11,18H,6-9H2,(H2,16,17,19). The number of hydrogen-bond acceptors (Lipinski definition) is 3. The minimum atomic E-state index is -0.151. The van der Waals surface area contributed by atoms with Crippen LogP contribution in [0.5, 0.6) is 5.75 Å². The molecule has 0 aliphatic heterocycles. The number of aromatic hydroxyl groups is 1. The van der Waals surface area contributed by atoms with Crippen molar-refractivity contribution in [3.05, 3.63) is 52.2 Å². The molecule has 2 aromatic rings. The molecule has 0 saturated heterocycles. The third-order valence-corrected chi connectivity index (χ3v) is 3.78. The Morgan fingerprint density at radius 2 is 1.90 bits per heavy atom. The van der Waals surface area contributed by atoms with Crippen LogP contribution in [0.2, 0.25) is 0 Å². The first-order chi connectivity index (χ1) is 9.74. The summed E-state index contributed by atoms with van der Waals surface area (Å²) in [5.74, 6) is 0.253. The molecule has 0 spiro atoms. The van der Waals surface area contributed by atoms with E-state index in [1.165, 1.54) is 4.88 Å². The van der Waals surface area contributed by atoms with E-state index in [0.717, 1.165) is 12.0 Å². The Bertz CT molecular complexity index is 541. The SMILES string of the molecule is O=C(NCCc1cccc(O)c1)NCCc1cccs1. The summed E-state index contributed by atoms with van der Waals surface area (Å²) in [5, 5.41) is 17.0. The number of carbonyl (C=O) groups excluding carboxylic acids is 1. The molecule has 4 nitrogen and oxygen atoms in total. The molecule has 0 aliphatic rings. The van der Waals surface area contributed by atoms with Gasteiger partial charge in [-0.1, -0.05) is 18.2 Å². The summed E-state index contributed by atoms with van der Waals surface area (Å²) in [7, 11) is 0. The van der Waals surface area contributed by atoms with Gasteiger partial charge in [0.25, 0.3) is 0 Å². The van der Waals surface area contributed by atoms with Crippen LogP contribution in [0.4, 0.5) is 4.79 Å². The lowest BCUT2D eigenvalue weighted by molar-refractivity contribution is 0.241. The van der Waals surface area contributed by atoms with Gasteiger partial charge in [-0.05, 0) is 42.0 Å². The summed E-state index contributed by atoms with van der Waals surface area (Å²) in [5.41, 5.74) is 1.00. The minimum Gasteiger partial charge on any atom is -0.508 e. The molecule has 1 aromatic heterocycles. The highest BCUT2D eigenvalue weighted by atomic mass is 32.1. The molecular weight excluding hydrogens is 272 g/mol. The van der Waals surface area contributed by atoms with Gasteiger partial charge in [-0.3, -0.25) is 0 Å². The van der Waals surface area contributed by atoms with Crippen molar-refractivity contribution < 1.29 is 9.90 Å². The van der Waals surface area contributed by atoms with Gasteiger partial charge in [-0.2, -0.15) is 0 Å². The van der Waals surface area contributed by atoms with Gasteiger partial charge in [-0.25, -0.2) is 4.79 Å². The van der Waals surface area contributed by atoms with E-state index < -0.39 is 0 Å². The number of benzene rings is 1. The van der Waals surface area contributed by atoms with Gasteiger partial charge >= 0.3 is 6.03 Å². The first kappa shape index (κ1) is 14.4. The number of phenolic OH excluding ortho intramolecular Hbond substituents is 1. The summed E-state index contributed by atoms with van der Waals surface area (Å²) in [6, 6.07) is 11.0. The number of nitrogens with one attached hydrogen (secondary N) is 2. The smallest absolute Gasteiger partial charge is 0.314 e. The summed E-state index contributed by atoms with van der Waals surface area (Å²) in [6.07, 6.45) is 1.56. The van der Waals surface area contributed by atoms with E-state index in [9.17, 15) is 9.90 Å². The van der Waals surface area contributed by atoms with Crippen molar-refractivity contribution in [2.75, 3.05) is 13.1 Å². The van der Waals surface area contributed by atoms with E-state index in [0.29, 0.717) is 19.5 Å². The maximum Gasteiger partial charge on any atom is 0.314 e. The molecule has 106 valence electrons. The molecule has 5 heteroatoms. The Hall–Kier alpha value is -2.01. The highest BCUT2D eigenvalue weighted by molar-refractivity contribution is 7.09. The van der Waals surface area contributed by atoms with Crippen molar-refractivity contribution in [2.45, 2.75) is 12.8 Å². The van der Waals surface area contributed by atoms with Crippen LogP contribution in [-0.2, 0) is 12.8 Å². The number of urea groups is 1. The van der Waals surface area contributed by atoms with Crippen LogP contribution >= 0.6 is 11.3 Å². The molecule has 0 bridgehead atoms. The van der Waals surface area contributed by atoms with Crippen molar-refractivity contribution in [3.8, 4) is 5.75 Å². The summed E-state index contributed by atoms with van der Waals surface area (Å²) in [6.45, 7) is 1.19. The summed E-state index contributed by atoms with van der Waals surface area (Å²) < 4.78 is 0. The molecule has 0 fully saturated rings. The Labute approximate surface area is 122 Å². The van der Waals surface area contributed by atoms with E-state index in [4.69, 9.17) is 0 Å². The first-order valence-corrected chi connectivity index (χ1v) is 7.44. The lowest BCUT2D eigenvalue weighted by Gasteiger charge is -2.07. The molecule has 2 rings (SSSR count). The second-order valence-corrected chi connectivity index (χ2v) is 5.46. The highest BCUT2D eigenvalue weighted by Gasteiger charge is 2.01. The predicted molar refractivity (Wildman–Crippen MR) is 81.2 cm³/mol. The molecule has 20 heavy (non-hydrogen) atoms. The minimum absolute atomic E-state index is 0.151. The Morgan fingerprint density at radius 1 is 1.10 bits per heavy atom. The monoisotopic (exact) mass is 290 g/mol. The van der Waals surface area contributed by atoms with Crippen LogP contribution < -0.4 is 10.6 Å². The van der Waals surface area contributed by atoms with E-state index in [1.807, 2.05) is 17.5 Å². The van der Waals surface area contributed by atoms with E-state index in [1.54, 1.807) is 29.5 Å². The van der Waals surface area contributed by atoms with Crippen LogP contribution in [0, 0.1) is 0 Å². The number of thiophene rings is 1. The Balaban J connectivity index is 1.60. The first-order valence-electron chi connectivity index (χ1n) is 6.56. The van der Waals surface area contributed by atoms with Gasteiger partial charge in [0.2, 0.25) is 0 Å². The van der Waals surface area contributed by atoms with Crippen LogP contribution in [0.1, 0.15) is 10.4 Å². The second-order valence-electron chi connectivity index (χ2n) is 4.43. The fourth-order valence-electron chi connectivity index (χ4n) is 1.85. The summed E-state index contributed by atoms with van der Waals surface area (Å²) >= 11 is 1.70. The molecule has 0 unspecified atom stereocenters. The average Bonchev–Trinajstić information content (AvgIpc) is 2.92. The van der Waals surface area contributed by atoms with E-state index in [-0.39, 0.29) is 11.8 Å². The van der Waals surface area contributed by atoms with Crippen LogP contribution in [0.15, 0.2) is 41.8 Å². The molecule has 0 radical (unpaired) electrons. The maximum absolute atomic E-state index is 11.6. The molecule has 3 N–H and O–H groups in total. The quantitative estimate of drug-likeness (QED) is 0.765. The summed E-state index contributed by atoms with van der Waals surface area (Å²) in [4.78, 5) is 12.8. The lowest BCUT2D eigenvalue weighted by Crippen LogP contribution is -2.37. The average molecular weight is 290 g/mol. The number of rotatable bonds is 6. The van der Waals surface area contributed by atoms with Gasteiger partial charge in [-0.15, -0.1) is 11.3 Å². The molecule has 1 heterocycles. The maximum atomic E-state index is 11.6. The third-order valence-electron chi connectivity index (χ3n) is 2.85. The molecule has 0 aliphatic carbocycles. The van der Waals surface area contributed by atoms with Gasteiger partial charge < -0.3 is 15.7 Å². The number of carbonyl (C=O) groups is 1. The van der Waals surface area contributed by atoms with Crippen LogP contribution in [0.25, 0.3) is 0 Å². The van der Waals surface area contributed by atoms with E-state index >= 15 is 0 Å². The Morgan fingerprint density at radius 3 is 2.60 bits per heavy atom. The second kappa shape index (κ2) is 7.55. The zero-order chi connectivity index (χ0) is 14.2. The zero-order valence-corrected chi connectivity index (χ0v) is 12.0. The number of amides is 2. The van der Waals surface area contributed by atoms with Gasteiger partial charge in [0, 0.05) is 18.0 Å². The predicted octanol–water partition coefficient (Wildman–Crippen LogP) is 2.54. The van der Waals surface area contributed by atoms with Crippen LogP contribution in [-0.4, -0.2) is 24.2 Å². The molecule has 2 amide bonds. The molecular formula is C15H18N2O2S. The van der Waals surface area contributed by atoms with Gasteiger partial charge in [0.05, 0.1) is 0 Å². The molecule has 1 aromatic carbocycles. The van der Waals surface area contributed by atoms with Crippen LogP contribution in [0.3, 0.4) is 0 Å². The van der Waals surface area contributed by atoms with Crippen molar-refractivity contribution in [2.24, 2.45) is 0 Å². The fourth-order valence-corrected chi connectivity index (χ4v) is 2.56. The van der Waals surface area contributed by atoms with Crippen molar-refractivity contribution >= 4 is 17.4 Å². The van der Waals surface area contributed by atoms with Crippen molar-refractivity contribution in [1.82, 2.24) is 10.6 Å². The highest BCUT2D eigenvalue weighted by Crippen LogP contribution is 2.10. The molecule has 0 saturated carbocycles. The topological polar surface area (TPSA) is 61.4 Å². The van der Waals surface area contributed by atoms with Gasteiger partial charge in [0.15, 0.2) is 0 Å². The van der Waals surface area contributed by atoms with Crippen molar-refractivity contribution in [3.63, 3.8) is 0 Å². The van der Waals surface area contributed by atoms with E-state index in [2.05, 4.69) is 16.7 Å². The van der Waals surface area contributed by atoms with Crippen molar-refractivity contribution in [1.29, 1.82) is 0 Å². The lowest BCUT2D eigenvalue weighted by atomic mass is 10.1. The van der Waals surface area contributed by atoms with Gasteiger partial charge in [0.1, 0.15) is 5.75 Å². The zero-order valence-electron chi connectivity index (χ0n) is 11.1. The molecule has 0 atom stereocenters. The largest absolute Gasteiger partial charge is 0.508 e. The number of phenols is 1. The third kappa shape index (κ3) is 4.93.